The van der Waals surface area contributed by atoms with E-state index in [4.69, 9.17) is 4.74 Å². The largest absolute Gasteiger partial charge is 0.385 e. The van der Waals surface area contributed by atoms with Crippen molar-refractivity contribution >= 4 is 17.6 Å². The number of carbonyl (C=O) groups is 3. The molecule has 0 N–H and O–H groups in total. The van der Waals surface area contributed by atoms with Crippen LogP contribution in [0.5, 0.6) is 0 Å². The van der Waals surface area contributed by atoms with E-state index in [9.17, 15) is 14.4 Å². The predicted octanol–water partition coefficient (Wildman–Crippen LogP) is 2.14. The number of piperidine rings is 2. The Balaban J connectivity index is 1.66. The number of rotatable bonds is 6. The number of methoxy groups -OCH3 is 1. The summed E-state index contributed by atoms with van der Waals surface area (Å²) < 4.78 is 5.09. The van der Waals surface area contributed by atoms with Gasteiger partial charge in [-0.1, -0.05) is 30.3 Å². The third kappa shape index (κ3) is 4.56. The maximum atomic E-state index is 12.8. The van der Waals surface area contributed by atoms with E-state index in [1.165, 1.54) is 0 Å². The molecule has 2 saturated heterocycles. The zero-order valence-electron chi connectivity index (χ0n) is 16.0. The number of amides is 2. The van der Waals surface area contributed by atoms with Crippen LogP contribution in [0, 0.1) is 5.41 Å². The van der Waals surface area contributed by atoms with Gasteiger partial charge in [-0.15, -0.1) is 0 Å². The number of likely N-dealkylation sites (tertiary alicyclic amines) is 2. The predicted molar refractivity (Wildman–Crippen MR) is 101 cm³/mol. The standard InChI is InChI=1S/C21H28N2O4/c1-27-14-6-13-22-15-21(11-9-18(22)24)10-5-12-23(16-21)20(26)19(25)17-7-3-2-4-8-17/h2-4,7-8H,5-6,9-16H2,1H3/t21-/m1/s1. The highest BCUT2D eigenvalue weighted by Gasteiger charge is 2.43. The molecule has 3 rings (SSSR count). The van der Waals surface area contributed by atoms with Crippen LogP contribution in [0.4, 0.5) is 0 Å². The Kier molecular flexibility index (Phi) is 6.26. The van der Waals surface area contributed by atoms with Crippen LogP contribution in [0.2, 0.25) is 0 Å². The molecule has 0 radical (unpaired) electrons. The maximum Gasteiger partial charge on any atom is 0.294 e. The van der Waals surface area contributed by atoms with Gasteiger partial charge in [-0.3, -0.25) is 14.4 Å². The minimum absolute atomic E-state index is 0.0914. The summed E-state index contributed by atoms with van der Waals surface area (Å²) in [6, 6.07) is 8.72. The fourth-order valence-corrected chi connectivity index (χ4v) is 4.28. The summed E-state index contributed by atoms with van der Waals surface area (Å²) in [5.41, 5.74) is 0.341. The monoisotopic (exact) mass is 372 g/mol. The van der Waals surface area contributed by atoms with Crippen molar-refractivity contribution in [2.45, 2.75) is 32.1 Å². The number of hydrogen-bond donors (Lipinski definition) is 0. The summed E-state index contributed by atoms with van der Waals surface area (Å²) in [7, 11) is 1.66. The lowest BCUT2D eigenvalue weighted by molar-refractivity contribution is -0.141. The molecule has 2 aliphatic heterocycles. The second-order valence-electron chi connectivity index (χ2n) is 7.69. The summed E-state index contributed by atoms with van der Waals surface area (Å²) in [6.45, 7) is 3.15. The van der Waals surface area contributed by atoms with Crippen molar-refractivity contribution in [1.82, 2.24) is 9.80 Å². The van der Waals surface area contributed by atoms with Crippen LogP contribution >= 0.6 is 0 Å². The van der Waals surface area contributed by atoms with Gasteiger partial charge in [0.1, 0.15) is 0 Å². The molecule has 1 aromatic rings. The number of nitrogens with zero attached hydrogens (tertiary/aromatic N) is 2. The molecule has 0 unspecified atom stereocenters. The SMILES string of the molecule is COCCCN1C[C@@]2(CCCN(C(=O)C(=O)c3ccccc3)C2)CCC1=O. The van der Waals surface area contributed by atoms with Gasteiger partial charge in [0.05, 0.1) is 0 Å². The number of Topliss-reactive ketones (excluding diaryl/α,β-unsaturated/α-hetero) is 1. The minimum Gasteiger partial charge on any atom is -0.385 e. The van der Waals surface area contributed by atoms with E-state index >= 15 is 0 Å². The lowest BCUT2D eigenvalue weighted by Crippen LogP contribution is -2.56. The molecule has 6 nitrogen and oxygen atoms in total. The van der Waals surface area contributed by atoms with Crippen LogP contribution in [-0.4, -0.2) is 67.3 Å². The number of carbonyl (C=O) groups excluding carboxylic acids is 3. The van der Waals surface area contributed by atoms with E-state index < -0.39 is 11.7 Å². The van der Waals surface area contributed by atoms with Gasteiger partial charge in [0, 0.05) is 57.3 Å². The highest BCUT2D eigenvalue weighted by molar-refractivity contribution is 6.42. The van der Waals surface area contributed by atoms with Crippen LogP contribution in [0.25, 0.3) is 0 Å². The van der Waals surface area contributed by atoms with Gasteiger partial charge < -0.3 is 14.5 Å². The number of benzene rings is 1. The van der Waals surface area contributed by atoms with Crippen molar-refractivity contribution < 1.29 is 19.1 Å². The molecule has 146 valence electrons. The number of ether oxygens (including phenoxy) is 1. The second-order valence-corrected chi connectivity index (χ2v) is 7.69. The van der Waals surface area contributed by atoms with E-state index in [1.54, 1.807) is 36.3 Å². The van der Waals surface area contributed by atoms with Crippen molar-refractivity contribution in [2.75, 3.05) is 39.9 Å². The van der Waals surface area contributed by atoms with Gasteiger partial charge in [0.15, 0.2) is 0 Å². The van der Waals surface area contributed by atoms with Gasteiger partial charge in [-0.05, 0) is 25.7 Å². The van der Waals surface area contributed by atoms with E-state index in [0.717, 1.165) is 25.7 Å². The van der Waals surface area contributed by atoms with Crippen molar-refractivity contribution in [3.05, 3.63) is 35.9 Å². The third-order valence-corrected chi connectivity index (χ3v) is 5.70. The Morgan fingerprint density at radius 2 is 1.93 bits per heavy atom. The summed E-state index contributed by atoms with van der Waals surface area (Å²) in [5, 5.41) is 0. The normalized spacial score (nSPS) is 22.9. The molecule has 1 spiro atoms. The van der Waals surface area contributed by atoms with Gasteiger partial charge >= 0.3 is 0 Å². The van der Waals surface area contributed by atoms with E-state index in [0.29, 0.717) is 44.8 Å². The highest BCUT2D eigenvalue weighted by Crippen LogP contribution is 2.39. The van der Waals surface area contributed by atoms with Crippen LogP contribution in [0.3, 0.4) is 0 Å². The molecule has 0 aliphatic carbocycles. The zero-order chi connectivity index (χ0) is 19.3. The molecule has 1 aromatic carbocycles. The number of ketones is 1. The third-order valence-electron chi connectivity index (χ3n) is 5.70. The molecule has 27 heavy (non-hydrogen) atoms. The molecule has 2 heterocycles. The molecule has 1 atom stereocenters. The van der Waals surface area contributed by atoms with E-state index in [1.807, 2.05) is 11.0 Å². The lowest BCUT2D eigenvalue weighted by Gasteiger charge is -2.48. The van der Waals surface area contributed by atoms with Crippen LogP contribution in [-0.2, 0) is 14.3 Å². The van der Waals surface area contributed by atoms with Crippen LogP contribution in [0.1, 0.15) is 42.5 Å². The van der Waals surface area contributed by atoms with Crippen molar-refractivity contribution in [3.63, 3.8) is 0 Å². The van der Waals surface area contributed by atoms with Crippen LogP contribution in [0.15, 0.2) is 30.3 Å². The van der Waals surface area contributed by atoms with E-state index in [-0.39, 0.29) is 11.3 Å². The Labute approximate surface area is 160 Å². The smallest absolute Gasteiger partial charge is 0.294 e. The summed E-state index contributed by atoms with van der Waals surface area (Å²) in [4.78, 5) is 41.2. The first-order valence-corrected chi connectivity index (χ1v) is 9.70. The van der Waals surface area contributed by atoms with Gasteiger partial charge in [-0.2, -0.15) is 0 Å². The summed E-state index contributed by atoms with van der Waals surface area (Å²) in [6.07, 6.45) is 3.98. The zero-order valence-corrected chi connectivity index (χ0v) is 16.0. The molecule has 2 aliphatic rings. The Hall–Kier alpha value is -2.21. The first kappa shape index (κ1) is 19.5. The minimum atomic E-state index is -0.448. The molecular weight excluding hydrogens is 344 g/mol. The van der Waals surface area contributed by atoms with Gasteiger partial charge in [0.25, 0.3) is 5.91 Å². The van der Waals surface area contributed by atoms with Crippen LogP contribution < -0.4 is 0 Å². The average molecular weight is 372 g/mol. The molecule has 0 saturated carbocycles. The highest BCUT2D eigenvalue weighted by atomic mass is 16.5. The van der Waals surface area contributed by atoms with E-state index in [2.05, 4.69) is 0 Å². The van der Waals surface area contributed by atoms with Crippen molar-refractivity contribution in [1.29, 1.82) is 0 Å². The summed E-state index contributed by atoms with van der Waals surface area (Å²) >= 11 is 0. The molecular formula is C21H28N2O4. The first-order chi connectivity index (χ1) is 13.0. The van der Waals surface area contributed by atoms with Gasteiger partial charge in [0.2, 0.25) is 11.7 Å². The Morgan fingerprint density at radius 1 is 1.15 bits per heavy atom. The van der Waals surface area contributed by atoms with Crippen molar-refractivity contribution in [3.8, 4) is 0 Å². The van der Waals surface area contributed by atoms with Gasteiger partial charge in [-0.25, -0.2) is 0 Å². The fraction of sp³-hybridized carbons (Fsp3) is 0.571. The fourth-order valence-electron chi connectivity index (χ4n) is 4.28. The average Bonchev–Trinajstić information content (AvgIpc) is 2.70. The number of hydrogen-bond acceptors (Lipinski definition) is 4. The van der Waals surface area contributed by atoms with Crippen molar-refractivity contribution in [2.24, 2.45) is 5.41 Å². The quantitative estimate of drug-likeness (QED) is 0.436. The molecule has 0 aromatic heterocycles. The maximum absolute atomic E-state index is 12.8. The lowest BCUT2D eigenvalue weighted by atomic mass is 9.73. The molecule has 0 bridgehead atoms. The Bertz CT molecular complexity index is 691. The second kappa shape index (κ2) is 8.65. The molecule has 6 heteroatoms. The molecule has 2 amide bonds. The first-order valence-electron chi connectivity index (χ1n) is 9.70. The Morgan fingerprint density at radius 3 is 2.67 bits per heavy atom. The summed E-state index contributed by atoms with van der Waals surface area (Å²) in [5.74, 6) is -0.694. The topological polar surface area (TPSA) is 66.9 Å². The molecule has 2 fully saturated rings.